The number of halogens is 1. The van der Waals surface area contributed by atoms with E-state index in [4.69, 9.17) is 16.3 Å². The van der Waals surface area contributed by atoms with Crippen LogP contribution in [-0.2, 0) is 16.6 Å². The van der Waals surface area contributed by atoms with E-state index in [1.165, 1.54) is 31.4 Å². The molecule has 1 amide bonds. The first kappa shape index (κ1) is 21.7. The van der Waals surface area contributed by atoms with E-state index in [1.54, 1.807) is 19.1 Å². The van der Waals surface area contributed by atoms with Crippen molar-refractivity contribution in [3.8, 4) is 5.75 Å². The predicted octanol–water partition coefficient (Wildman–Crippen LogP) is 4.39. The summed E-state index contributed by atoms with van der Waals surface area (Å²) in [7, 11) is -2.64. The SMILES string of the molecule is COc1ccc(C)cc1S(=O)(=O)Nc1cc(Cl)ccc1C(=O)NCc1ccccc1. The molecule has 0 aliphatic carbocycles. The Labute approximate surface area is 180 Å². The van der Waals surface area contributed by atoms with E-state index in [1.807, 2.05) is 30.3 Å². The Balaban J connectivity index is 1.90. The summed E-state index contributed by atoms with van der Waals surface area (Å²) in [6, 6.07) is 18.6. The Morgan fingerprint density at radius 2 is 1.77 bits per heavy atom. The molecule has 3 rings (SSSR count). The third-order valence-corrected chi connectivity index (χ3v) is 6.00. The van der Waals surface area contributed by atoms with Crippen LogP contribution in [-0.4, -0.2) is 21.4 Å². The van der Waals surface area contributed by atoms with Crippen LogP contribution < -0.4 is 14.8 Å². The fourth-order valence-corrected chi connectivity index (χ4v) is 4.36. The van der Waals surface area contributed by atoms with E-state index in [0.29, 0.717) is 11.6 Å². The molecule has 0 aromatic heterocycles. The molecule has 0 radical (unpaired) electrons. The number of sulfonamides is 1. The molecule has 0 spiro atoms. The lowest BCUT2D eigenvalue weighted by Crippen LogP contribution is -2.25. The van der Waals surface area contributed by atoms with Crippen LogP contribution in [0.25, 0.3) is 0 Å². The number of carbonyl (C=O) groups excluding carboxylic acids is 1. The summed E-state index contributed by atoms with van der Waals surface area (Å²) in [4.78, 5) is 12.7. The smallest absolute Gasteiger partial charge is 0.265 e. The minimum Gasteiger partial charge on any atom is -0.495 e. The van der Waals surface area contributed by atoms with E-state index in [0.717, 1.165) is 11.1 Å². The van der Waals surface area contributed by atoms with Crippen LogP contribution in [0.1, 0.15) is 21.5 Å². The Morgan fingerprint density at radius 1 is 1.03 bits per heavy atom. The lowest BCUT2D eigenvalue weighted by Gasteiger charge is -2.15. The van der Waals surface area contributed by atoms with Crippen molar-refractivity contribution in [1.82, 2.24) is 5.32 Å². The number of hydrogen-bond donors (Lipinski definition) is 2. The van der Waals surface area contributed by atoms with Crippen LogP contribution in [0.4, 0.5) is 5.69 Å². The second kappa shape index (κ2) is 9.19. The van der Waals surface area contributed by atoms with Crippen LogP contribution in [0, 0.1) is 6.92 Å². The fraction of sp³-hybridized carbons (Fsp3) is 0.136. The van der Waals surface area contributed by atoms with Gasteiger partial charge < -0.3 is 10.1 Å². The number of benzene rings is 3. The number of anilines is 1. The number of aryl methyl sites for hydroxylation is 1. The normalized spacial score (nSPS) is 11.0. The highest BCUT2D eigenvalue weighted by Gasteiger charge is 2.23. The Bertz CT molecular complexity index is 1170. The molecule has 0 bridgehead atoms. The van der Waals surface area contributed by atoms with E-state index < -0.39 is 15.9 Å². The minimum atomic E-state index is -4.03. The van der Waals surface area contributed by atoms with Crippen molar-refractivity contribution in [2.24, 2.45) is 0 Å². The van der Waals surface area contributed by atoms with Crippen molar-refractivity contribution < 1.29 is 17.9 Å². The van der Waals surface area contributed by atoms with Gasteiger partial charge in [-0.15, -0.1) is 0 Å². The molecule has 0 saturated heterocycles. The number of ether oxygens (including phenoxy) is 1. The average Bonchev–Trinajstić information content (AvgIpc) is 2.72. The average molecular weight is 445 g/mol. The molecule has 0 aliphatic rings. The zero-order chi connectivity index (χ0) is 21.7. The van der Waals surface area contributed by atoms with Crippen molar-refractivity contribution in [2.75, 3.05) is 11.8 Å². The molecular formula is C22H21ClN2O4S. The summed E-state index contributed by atoms with van der Waals surface area (Å²) >= 11 is 6.06. The van der Waals surface area contributed by atoms with Gasteiger partial charge in [-0.1, -0.05) is 48.0 Å². The molecule has 0 aliphatic heterocycles. The van der Waals surface area contributed by atoms with Gasteiger partial charge >= 0.3 is 0 Å². The number of carbonyl (C=O) groups is 1. The highest BCUT2D eigenvalue weighted by Crippen LogP contribution is 2.29. The van der Waals surface area contributed by atoms with Crippen molar-refractivity contribution in [1.29, 1.82) is 0 Å². The first-order valence-corrected chi connectivity index (χ1v) is 11.0. The summed E-state index contributed by atoms with van der Waals surface area (Å²) in [5, 5.41) is 3.09. The van der Waals surface area contributed by atoms with Gasteiger partial charge in [0.2, 0.25) is 0 Å². The van der Waals surface area contributed by atoms with E-state index in [2.05, 4.69) is 10.0 Å². The van der Waals surface area contributed by atoms with Crippen molar-refractivity contribution in [3.63, 3.8) is 0 Å². The number of amides is 1. The summed E-state index contributed by atoms with van der Waals surface area (Å²) in [5.74, 6) is -0.227. The van der Waals surface area contributed by atoms with Gasteiger partial charge in [0.25, 0.3) is 15.9 Å². The molecule has 3 aromatic rings. The van der Waals surface area contributed by atoms with Crippen molar-refractivity contribution in [3.05, 3.63) is 88.4 Å². The van der Waals surface area contributed by atoms with Crippen LogP contribution in [0.2, 0.25) is 5.02 Å². The van der Waals surface area contributed by atoms with Crippen molar-refractivity contribution in [2.45, 2.75) is 18.4 Å². The molecule has 0 unspecified atom stereocenters. The molecule has 0 heterocycles. The second-order valence-corrected chi connectivity index (χ2v) is 8.71. The first-order valence-electron chi connectivity index (χ1n) is 9.09. The Hall–Kier alpha value is -3.03. The zero-order valence-corrected chi connectivity index (χ0v) is 18.0. The van der Waals surface area contributed by atoms with Crippen LogP contribution in [0.15, 0.2) is 71.6 Å². The van der Waals surface area contributed by atoms with Crippen LogP contribution in [0.3, 0.4) is 0 Å². The topological polar surface area (TPSA) is 84.5 Å². The number of hydrogen-bond acceptors (Lipinski definition) is 4. The highest BCUT2D eigenvalue weighted by molar-refractivity contribution is 7.92. The second-order valence-electron chi connectivity index (χ2n) is 6.62. The molecule has 3 aromatic carbocycles. The minimum absolute atomic E-state index is 0.0272. The van der Waals surface area contributed by atoms with Gasteiger partial charge in [0.05, 0.1) is 18.4 Å². The Kier molecular flexibility index (Phi) is 6.64. The molecule has 2 N–H and O–H groups in total. The molecule has 156 valence electrons. The quantitative estimate of drug-likeness (QED) is 0.566. The highest BCUT2D eigenvalue weighted by atomic mass is 35.5. The summed E-state index contributed by atoms with van der Waals surface area (Å²) in [6.07, 6.45) is 0. The van der Waals surface area contributed by atoms with Gasteiger partial charge in [0.1, 0.15) is 10.6 Å². The monoisotopic (exact) mass is 444 g/mol. The molecule has 0 atom stereocenters. The largest absolute Gasteiger partial charge is 0.495 e. The molecule has 8 heteroatoms. The number of nitrogens with one attached hydrogen (secondary N) is 2. The summed E-state index contributed by atoms with van der Waals surface area (Å²) in [6.45, 7) is 2.08. The van der Waals surface area contributed by atoms with Gasteiger partial charge in [-0.25, -0.2) is 8.42 Å². The predicted molar refractivity (Wildman–Crippen MR) is 118 cm³/mol. The fourth-order valence-electron chi connectivity index (χ4n) is 2.87. The number of methoxy groups -OCH3 is 1. The van der Waals surface area contributed by atoms with E-state index >= 15 is 0 Å². The van der Waals surface area contributed by atoms with Crippen LogP contribution in [0.5, 0.6) is 5.75 Å². The molecule has 30 heavy (non-hydrogen) atoms. The zero-order valence-electron chi connectivity index (χ0n) is 16.5. The molecule has 6 nitrogen and oxygen atoms in total. The van der Waals surface area contributed by atoms with Gasteiger partial charge in [0.15, 0.2) is 0 Å². The lowest BCUT2D eigenvalue weighted by molar-refractivity contribution is 0.0952. The molecular weight excluding hydrogens is 424 g/mol. The molecule has 0 saturated carbocycles. The van der Waals surface area contributed by atoms with Gasteiger partial charge in [-0.2, -0.15) is 0 Å². The molecule has 0 fully saturated rings. The lowest BCUT2D eigenvalue weighted by atomic mass is 10.1. The maximum atomic E-state index is 13.0. The standard InChI is InChI=1S/C22H21ClN2O4S/c1-15-8-11-20(29-2)21(12-15)30(27,28)25-19-13-17(23)9-10-18(19)22(26)24-14-16-6-4-3-5-7-16/h3-13,25H,14H2,1-2H3,(H,24,26). The maximum Gasteiger partial charge on any atom is 0.265 e. The third kappa shape index (κ3) is 5.11. The first-order chi connectivity index (χ1) is 14.3. The van der Waals surface area contributed by atoms with Gasteiger partial charge in [-0.05, 0) is 48.4 Å². The van der Waals surface area contributed by atoms with E-state index in [9.17, 15) is 13.2 Å². The van der Waals surface area contributed by atoms with Crippen LogP contribution >= 0.6 is 11.6 Å². The Morgan fingerprint density at radius 3 is 2.47 bits per heavy atom. The van der Waals surface area contributed by atoms with E-state index in [-0.39, 0.29) is 21.9 Å². The number of rotatable bonds is 7. The summed E-state index contributed by atoms with van der Waals surface area (Å²) < 4.78 is 33.7. The van der Waals surface area contributed by atoms with Crippen molar-refractivity contribution >= 4 is 33.2 Å². The van der Waals surface area contributed by atoms with Gasteiger partial charge in [-0.3, -0.25) is 9.52 Å². The summed E-state index contributed by atoms with van der Waals surface area (Å²) in [5.41, 5.74) is 1.91. The maximum absolute atomic E-state index is 13.0. The van der Waals surface area contributed by atoms with Gasteiger partial charge in [0, 0.05) is 11.6 Å². The third-order valence-electron chi connectivity index (χ3n) is 4.38.